The number of nitrogens with zero attached hydrogens (tertiary/aromatic N) is 1. The molecule has 3 nitrogen and oxygen atoms in total. The molecule has 1 unspecified atom stereocenters. The van der Waals surface area contributed by atoms with E-state index in [9.17, 15) is 4.79 Å². The van der Waals surface area contributed by atoms with E-state index in [1.807, 2.05) is 13.8 Å². The number of hydrogen-bond acceptors (Lipinski definition) is 4. The molecule has 0 spiro atoms. The number of aryl methyl sites for hydroxylation is 2. The summed E-state index contributed by atoms with van der Waals surface area (Å²) >= 11 is 8.73. The van der Waals surface area contributed by atoms with E-state index in [1.165, 1.54) is 4.88 Å². The fourth-order valence-electron chi connectivity index (χ4n) is 2.18. The SMILES string of the molecule is CSCC(C)Cn1c(=S)[nH]c2sc(C)c(C)c2c1=O. The van der Waals surface area contributed by atoms with Crippen molar-refractivity contribution in [1.82, 2.24) is 9.55 Å². The first kappa shape index (κ1) is 14.8. The number of aromatic amines is 1. The van der Waals surface area contributed by atoms with E-state index in [0.29, 0.717) is 17.2 Å². The quantitative estimate of drug-likeness (QED) is 0.874. The third kappa shape index (κ3) is 2.80. The molecule has 6 heteroatoms. The van der Waals surface area contributed by atoms with Crippen LogP contribution in [0.5, 0.6) is 0 Å². The zero-order valence-corrected chi connectivity index (χ0v) is 14.0. The molecule has 0 aliphatic rings. The van der Waals surface area contributed by atoms with Crippen LogP contribution in [0.1, 0.15) is 17.4 Å². The number of fused-ring (bicyclic) bond motifs is 1. The number of rotatable bonds is 4. The fraction of sp³-hybridized carbons (Fsp3) is 0.538. The van der Waals surface area contributed by atoms with Crippen molar-refractivity contribution in [2.75, 3.05) is 12.0 Å². The third-order valence-corrected chi connectivity index (χ3v) is 5.60. The van der Waals surface area contributed by atoms with Gasteiger partial charge in [-0.2, -0.15) is 11.8 Å². The molecule has 0 aromatic carbocycles. The van der Waals surface area contributed by atoms with Crippen LogP contribution in [-0.4, -0.2) is 21.6 Å². The second kappa shape index (κ2) is 5.81. The van der Waals surface area contributed by atoms with Crippen LogP contribution in [-0.2, 0) is 6.54 Å². The van der Waals surface area contributed by atoms with Crippen molar-refractivity contribution in [3.63, 3.8) is 0 Å². The van der Waals surface area contributed by atoms with Crippen LogP contribution in [0.3, 0.4) is 0 Å². The van der Waals surface area contributed by atoms with Crippen molar-refractivity contribution in [2.24, 2.45) is 5.92 Å². The Labute approximate surface area is 126 Å². The number of hydrogen-bond donors (Lipinski definition) is 1. The zero-order valence-electron chi connectivity index (χ0n) is 11.6. The second-order valence-electron chi connectivity index (χ2n) is 4.89. The Morgan fingerprint density at radius 3 is 2.79 bits per heavy atom. The van der Waals surface area contributed by atoms with Crippen molar-refractivity contribution >= 4 is 45.5 Å². The molecule has 1 N–H and O–H groups in total. The summed E-state index contributed by atoms with van der Waals surface area (Å²) in [6.07, 6.45) is 2.08. The van der Waals surface area contributed by atoms with Crippen LogP contribution >= 0.6 is 35.3 Å². The zero-order chi connectivity index (χ0) is 14.2. The van der Waals surface area contributed by atoms with Gasteiger partial charge in [-0.25, -0.2) is 0 Å². The maximum absolute atomic E-state index is 12.6. The second-order valence-corrected chi connectivity index (χ2v) is 7.42. The molecule has 0 amide bonds. The van der Waals surface area contributed by atoms with Gasteiger partial charge in [0.2, 0.25) is 0 Å². The fourth-order valence-corrected chi connectivity index (χ4v) is 4.23. The lowest BCUT2D eigenvalue weighted by atomic mass is 10.2. The van der Waals surface area contributed by atoms with Gasteiger partial charge in [0.15, 0.2) is 4.77 Å². The van der Waals surface area contributed by atoms with Crippen molar-refractivity contribution in [3.8, 4) is 0 Å². The number of nitrogens with one attached hydrogen (secondary N) is 1. The van der Waals surface area contributed by atoms with E-state index in [0.717, 1.165) is 21.5 Å². The van der Waals surface area contributed by atoms with Gasteiger partial charge in [0, 0.05) is 11.4 Å². The van der Waals surface area contributed by atoms with Gasteiger partial charge in [-0.3, -0.25) is 9.36 Å². The Morgan fingerprint density at radius 1 is 1.47 bits per heavy atom. The molecule has 0 aliphatic heterocycles. The highest BCUT2D eigenvalue weighted by atomic mass is 32.2. The molecule has 0 aliphatic carbocycles. The Balaban J connectivity index is 2.59. The summed E-state index contributed by atoms with van der Waals surface area (Å²) in [5.41, 5.74) is 1.12. The van der Waals surface area contributed by atoms with Gasteiger partial charge < -0.3 is 4.98 Å². The van der Waals surface area contributed by atoms with Gasteiger partial charge in [0.25, 0.3) is 5.56 Å². The predicted octanol–water partition coefficient (Wildman–Crippen LogP) is 3.74. The smallest absolute Gasteiger partial charge is 0.263 e. The topological polar surface area (TPSA) is 37.8 Å². The largest absolute Gasteiger partial charge is 0.323 e. The highest BCUT2D eigenvalue weighted by molar-refractivity contribution is 7.98. The van der Waals surface area contributed by atoms with Gasteiger partial charge in [0.05, 0.1) is 5.39 Å². The van der Waals surface area contributed by atoms with Crippen molar-refractivity contribution in [2.45, 2.75) is 27.3 Å². The van der Waals surface area contributed by atoms with E-state index in [-0.39, 0.29) is 5.56 Å². The van der Waals surface area contributed by atoms with Crippen LogP contribution in [0.25, 0.3) is 10.2 Å². The van der Waals surface area contributed by atoms with E-state index < -0.39 is 0 Å². The Kier molecular flexibility index (Phi) is 4.53. The first-order valence-electron chi connectivity index (χ1n) is 6.17. The highest BCUT2D eigenvalue weighted by Gasteiger charge is 2.14. The van der Waals surface area contributed by atoms with Gasteiger partial charge >= 0.3 is 0 Å². The Bertz CT molecular complexity index is 711. The van der Waals surface area contributed by atoms with Gasteiger partial charge in [0.1, 0.15) is 4.83 Å². The highest BCUT2D eigenvalue weighted by Crippen LogP contribution is 2.25. The molecule has 2 heterocycles. The van der Waals surface area contributed by atoms with Crippen LogP contribution in [0.2, 0.25) is 0 Å². The van der Waals surface area contributed by atoms with Crippen molar-refractivity contribution in [3.05, 3.63) is 25.6 Å². The number of thioether (sulfide) groups is 1. The lowest BCUT2D eigenvalue weighted by molar-refractivity contribution is 0.511. The maximum Gasteiger partial charge on any atom is 0.263 e. The summed E-state index contributed by atoms with van der Waals surface area (Å²) in [5.74, 6) is 1.46. The molecule has 2 aromatic heterocycles. The van der Waals surface area contributed by atoms with Crippen molar-refractivity contribution < 1.29 is 0 Å². The first-order valence-corrected chi connectivity index (χ1v) is 8.79. The number of thiophene rings is 1. The standard InChI is InChI=1S/C13H18N2OS3/c1-7(6-18-4)5-15-12(16)10-8(2)9(3)19-11(10)14-13(15)17/h7H,5-6H2,1-4H3,(H,14,17). The summed E-state index contributed by atoms with van der Waals surface area (Å²) in [4.78, 5) is 17.9. The molecule has 1 atom stereocenters. The number of aromatic nitrogens is 2. The summed E-state index contributed by atoms with van der Waals surface area (Å²) in [5, 5.41) is 0.799. The molecule has 104 valence electrons. The molecule has 0 bridgehead atoms. The Morgan fingerprint density at radius 2 is 2.16 bits per heavy atom. The Hall–Kier alpha value is -0.590. The maximum atomic E-state index is 12.6. The van der Waals surface area contributed by atoms with Crippen molar-refractivity contribution in [1.29, 1.82) is 0 Å². The van der Waals surface area contributed by atoms with Crippen LogP contribution in [0.4, 0.5) is 0 Å². The monoisotopic (exact) mass is 314 g/mol. The molecule has 2 rings (SSSR count). The minimum absolute atomic E-state index is 0.0496. The molecule has 0 radical (unpaired) electrons. The third-order valence-electron chi connectivity index (χ3n) is 3.26. The first-order chi connectivity index (χ1) is 8.95. The number of H-pyrrole nitrogens is 1. The average molecular weight is 315 g/mol. The van der Waals surface area contributed by atoms with E-state index in [4.69, 9.17) is 12.2 Å². The molecule has 0 saturated heterocycles. The minimum atomic E-state index is 0.0496. The predicted molar refractivity (Wildman–Crippen MR) is 88.3 cm³/mol. The van der Waals surface area contributed by atoms with Crippen LogP contribution < -0.4 is 5.56 Å². The van der Waals surface area contributed by atoms with Gasteiger partial charge in [-0.1, -0.05) is 6.92 Å². The normalized spacial score (nSPS) is 13.1. The van der Waals surface area contributed by atoms with E-state index in [1.54, 1.807) is 27.7 Å². The summed E-state index contributed by atoms with van der Waals surface area (Å²) < 4.78 is 2.24. The minimum Gasteiger partial charge on any atom is -0.323 e. The van der Waals surface area contributed by atoms with E-state index in [2.05, 4.69) is 18.2 Å². The molecule has 2 aromatic rings. The van der Waals surface area contributed by atoms with Crippen LogP contribution in [0, 0.1) is 24.5 Å². The molecule has 0 saturated carbocycles. The molecule has 0 fully saturated rings. The van der Waals surface area contributed by atoms with Gasteiger partial charge in [-0.05, 0) is 49.6 Å². The van der Waals surface area contributed by atoms with Crippen LogP contribution in [0.15, 0.2) is 4.79 Å². The molecular formula is C13H18N2OS3. The molecule has 19 heavy (non-hydrogen) atoms. The summed E-state index contributed by atoms with van der Waals surface area (Å²) in [6, 6.07) is 0. The lowest BCUT2D eigenvalue weighted by Crippen LogP contribution is -2.25. The molecular weight excluding hydrogens is 296 g/mol. The lowest BCUT2D eigenvalue weighted by Gasteiger charge is -2.12. The van der Waals surface area contributed by atoms with E-state index >= 15 is 0 Å². The average Bonchev–Trinajstić information content (AvgIpc) is 2.61. The van der Waals surface area contributed by atoms with Gasteiger partial charge in [-0.15, -0.1) is 11.3 Å². The summed E-state index contributed by atoms with van der Waals surface area (Å²) in [6.45, 7) is 6.87. The summed E-state index contributed by atoms with van der Waals surface area (Å²) in [7, 11) is 0.